The zero-order chi connectivity index (χ0) is 18.1. The third kappa shape index (κ3) is 2.99. The van der Waals surface area contributed by atoms with Gasteiger partial charge in [0.1, 0.15) is 0 Å². The number of H-pyrrole nitrogens is 1. The zero-order valence-electron chi connectivity index (χ0n) is 13.6. The summed E-state index contributed by atoms with van der Waals surface area (Å²) < 4.78 is 0.981. The minimum absolute atomic E-state index is 0.100. The SMILES string of the molecule is O=C(Cc1ccc(Br)c2ccccc12)N=Nc1c(O)[nH]c2ccccc12. The van der Waals surface area contributed by atoms with Crippen molar-refractivity contribution in [2.24, 2.45) is 10.2 Å². The smallest absolute Gasteiger partial charge is 0.269 e. The maximum Gasteiger partial charge on any atom is 0.269 e. The van der Waals surface area contributed by atoms with Gasteiger partial charge in [-0.05, 0) is 28.5 Å². The summed E-state index contributed by atoms with van der Waals surface area (Å²) >= 11 is 3.53. The Labute approximate surface area is 157 Å². The van der Waals surface area contributed by atoms with Gasteiger partial charge in [-0.25, -0.2) is 0 Å². The van der Waals surface area contributed by atoms with Crippen molar-refractivity contribution in [3.8, 4) is 5.88 Å². The van der Waals surface area contributed by atoms with Gasteiger partial charge in [0.05, 0.1) is 11.9 Å². The summed E-state index contributed by atoms with van der Waals surface area (Å²) in [5.41, 5.74) is 1.90. The Morgan fingerprint density at radius 1 is 0.962 bits per heavy atom. The van der Waals surface area contributed by atoms with E-state index in [-0.39, 0.29) is 23.9 Å². The molecule has 0 bridgehead atoms. The molecule has 0 saturated heterocycles. The number of benzene rings is 3. The molecule has 0 aliphatic carbocycles. The number of aromatic hydroxyl groups is 1. The van der Waals surface area contributed by atoms with E-state index in [1.807, 2.05) is 60.7 Å². The molecule has 4 aromatic rings. The number of hydrogen-bond donors (Lipinski definition) is 2. The molecule has 5 nitrogen and oxygen atoms in total. The average molecular weight is 408 g/mol. The highest BCUT2D eigenvalue weighted by atomic mass is 79.9. The summed E-state index contributed by atoms with van der Waals surface area (Å²) in [4.78, 5) is 15.1. The first-order chi connectivity index (χ1) is 12.6. The van der Waals surface area contributed by atoms with Crippen LogP contribution in [0.25, 0.3) is 21.7 Å². The van der Waals surface area contributed by atoms with Crippen molar-refractivity contribution >= 4 is 49.2 Å². The molecular weight excluding hydrogens is 394 g/mol. The summed E-state index contributed by atoms with van der Waals surface area (Å²) in [7, 11) is 0. The normalized spacial score (nSPS) is 11.6. The van der Waals surface area contributed by atoms with E-state index in [0.717, 1.165) is 31.7 Å². The van der Waals surface area contributed by atoms with Crippen LogP contribution in [0.4, 0.5) is 5.69 Å². The van der Waals surface area contributed by atoms with Gasteiger partial charge >= 0.3 is 0 Å². The Morgan fingerprint density at radius 3 is 2.46 bits per heavy atom. The molecule has 1 aromatic heterocycles. The van der Waals surface area contributed by atoms with E-state index < -0.39 is 0 Å². The average Bonchev–Trinajstić information content (AvgIpc) is 2.98. The van der Waals surface area contributed by atoms with Gasteiger partial charge < -0.3 is 10.1 Å². The van der Waals surface area contributed by atoms with E-state index in [9.17, 15) is 9.90 Å². The second-order valence-electron chi connectivity index (χ2n) is 5.89. The predicted octanol–water partition coefficient (Wildman–Crippen LogP) is 5.64. The van der Waals surface area contributed by atoms with Crippen molar-refractivity contribution in [3.63, 3.8) is 0 Å². The monoisotopic (exact) mass is 407 g/mol. The lowest BCUT2D eigenvalue weighted by Crippen LogP contribution is -1.99. The fraction of sp³-hybridized carbons (Fsp3) is 0.0500. The van der Waals surface area contributed by atoms with E-state index >= 15 is 0 Å². The topological polar surface area (TPSA) is 77.8 Å². The molecule has 0 atom stereocenters. The number of azo groups is 1. The number of hydrogen-bond acceptors (Lipinski definition) is 3. The van der Waals surface area contributed by atoms with Crippen LogP contribution in [-0.4, -0.2) is 16.0 Å². The largest absolute Gasteiger partial charge is 0.493 e. The molecule has 0 aliphatic heterocycles. The first kappa shape index (κ1) is 16.5. The number of carbonyl (C=O) groups is 1. The van der Waals surface area contributed by atoms with Crippen molar-refractivity contribution in [1.82, 2.24) is 4.98 Å². The van der Waals surface area contributed by atoms with E-state index in [4.69, 9.17) is 0 Å². The van der Waals surface area contributed by atoms with E-state index in [1.165, 1.54) is 0 Å². The van der Waals surface area contributed by atoms with Gasteiger partial charge in [-0.1, -0.05) is 64.5 Å². The highest BCUT2D eigenvalue weighted by Gasteiger charge is 2.12. The number of nitrogens with one attached hydrogen (secondary N) is 1. The molecule has 2 N–H and O–H groups in total. The van der Waals surface area contributed by atoms with Crippen molar-refractivity contribution in [3.05, 3.63) is 70.7 Å². The number of carbonyl (C=O) groups excluding carboxylic acids is 1. The predicted molar refractivity (Wildman–Crippen MR) is 105 cm³/mol. The lowest BCUT2D eigenvalue weighted by atomic mass is 10.0. The van der Waals surface area contributed by atoms with Gasteiger partial charge in [-0.2, -0.15) is 0 Å². The van der Waals surface area contributed by atoms with Crippen LogP contribution in [0.3, 0.4) is 0 Å². The molecule has 0 unspecified atom stereocenters. The molecule has 4 rings (SSSR count). The Hall–Kier alpha value is -2.99. The molecule has 1 heterocycles. The molecular formula is C20H14BrN3O2. The quantitative estimate of drug-likeness (QED) is 0.430. The first-order valence-electron chi connectivity index (χ1n) is 8.04. The number of fused-ring (bicyclic) bond motifs is 2. The minimum Gasteiger partial charge on any atom is -0.493 e. The molecule has 0 aliphatic rings. The number of amides is 1. The lowest BCUT2D eigenvalue weighted by molar-refractivity contribution is -0.117. The summed E-state index contributed by atoms with van der Waals surface area (Å²) in [5.74, 6) is -0.473. The lowest BCUT2D eigenvalue weighted by Gasteiger charge is -2.06. The van der Waals surface area contributed by atoms with Crippen LogP contribution < -0.4 is 0 Å². The van der Waals surface area contributed by atoms with Crippen molar-refractivity contribution in [1.29, 1.82) is 0 Å². The van der Waals surface area contributed by atoms with E-state index in [1.54, 1.807) is 0 Å². The molecule has 1 amide bonds. The Kier molecular flexibility index (Phi) is 4.26. The van der Waals surface area contributed by atoms with Gasteiger partial charge in [0.15, 0.2) is 5.69 Å². The minimum atomic E-state index is -0.373. The van der Waals surface area contributed by atoms with E-state index in [0.29, 0.717) is 0 Å². The summed E-state index contributed by atoms with van der Waals surface area (Å²) in [5, 5.41) is 20.5. The number of aromatic nitrogens is 1. The molecule has 0 radical (unpaired) electrons. The van der Waals surface area contributed by atoms with Gasteiger partial charge in [-0.15, -0.1) is 10.2 Å². The van der Waals surface area contributed by atoms with Crippen LogP contribution in [-0.2, 0) is 11.2 Å². The summed E-state index contributed by atoms with van der Waals surface area (Å²) in [6.07, 6.45) is 0.139. The molecule has 6 heteroatoms. The number of halogens is 1. The first-order valence-corrected chi connectivity index (χ1v) is 8.83. The standard InChI is InChI=1S/C20H14BrN3O2/c21-16-10-9-12(13-5-1-2-6-14(13)16)11-18(25)23-24-19-15-7-3-4-8-17(15)22-20(19)26/h1-10,22,26H,11H2. The molecule has 3 aromatic carbocycles. The van der Waals surface area contributed by atoms with Crippen molar-refractivity contribution < 1.29 is 9.90 Å². The van der Waals surface area contributed by atoms with Gasteiger partial charge in [0, 0.05) is 9.86 Å². The highest BCUT2D eigenvalue weighted by molar-refractivity contribution is 9.10. The third-order valence-electron chi connectivity index (χ3n) is 4.22. The van der Waals surface area contributed by atoms with Crippen LogP contribution in [0.5, 0.6) is 5.88 Å². The maximum atomic E-state index is 12.3. The molecule has 26 heavy (non-hydrogen) atoms. The molecule has 0 saturated carbocycles. The van der Waals surface area contributed by atoms with Crippen LogP contribution >= 0.6 is 15.9 Å². The summed E-state index contributed by atoms with van der Waals surface area (Å²) in [6, 6.07) is 19.0. The van der Waals surface area contributed by atoms with Crippen LogP contribution in [0.15, 0.2) is 75.4 Å². The molecule has 0 spiro atoms. The Morgan fingerprint density at radius 2 is 1.65 bits per heavy atom. The fourth-order valence-electron chi connectivity index (χ4n) is 3.00. The Balaban J connectivity index is 1.62. The number of aromatic amines is 1. The third-order valence-corrected chi connectivity index (χ3v) is 4.92. The van der Waals surface area contributed by atoms with Crippen LogP contribution in [0.1, 0.15) is 5.56 Å². The molecule has 128 valence electrons. The summed E-state index contributed by atoms with van der Waals surface area (Å²) in [6.45, 7) is 0. The maximum absolute atomic E-state index is 12.3. The second kappa shape index (κ2) is 6.72. The van der Waals surface area contributed by atoms with Gasteiger partial charge in [0.25, 0.3) is 5.91 Å². The van der Waals surface area contributed by atoms with E-state index in [2.05, 4.69) is 31.1 Å². The second-order valence-corrected chi connectivity index (χ2v) is 6.74. The Bertz CT molecular complexity index is 1160. The van der Waals surface area contributed by atoms with Gasteiger partial charge in [-0.3, -0.25) is 4.79 Å². The van der Waals surface area contributed by atoms with Crippen LogP contribution in [0.2, 0.25) is 0 Å². The number of rotatable bonds is 3. The van der Waals surface area contributed by atoms with Crippen molar-refractivity contribution in [2.75, 3.05) is 0 Å². The zero-order valence-corrected chi connectivity index (χ0v) is 15.2. The van der Waals surface area contributed by atoms with Gasteiger partial charge in [0.2, 0.25) is 5.88 Å². The van der Waals surface area contributed by atoms with Crippen molar-refractivity contribution in [2.45, 2.75) is 6.42 Å². The van der Waals surface area contributed by atoms with Crippen LogP contribution in [0, 0.1) is 0 Å². The highest BCUT2D eigenvalue weighted by Crippen LogP contribution is 2.35. The number of para-hydroxylation sites is 1. The number of nitrogens with zero attached hydrogens (tertiary/aromatic N) is 2. The molecule has 0 fully saturated rings. The fourth-order valence-corrected chi connectivity index (χ4v) is 3.47.